The first-order chi connectivity index (χ1) is 10.0. The van der Waals surface area contributed by atoms with Crippen LogP contribution in [0.4, 0.5) is 5.69 Å². The number of hydrogen-bond acceptors (Lipinski definition) is 3. The molecular weight excluding hydrogens is 334 g/mol. The van der Waals surface area contributed by atoms with Crippen molar-refractivity contribution in [2.24, 2.45) is 0 Å². The summed E-state index contributed by atoms with van der Waals surface area (Å²) in [6, 6.07) is 12.1. The molecule has 0 aliphatic carbocycles. The zero-order chi connectivity index (χ0) is 15.4. The van der Waals surface area contributed by atoms with Gasteiger partial charge in [-0.05, 0) is 48.9 Å². The van der Waals surface area contributed by atoms with Crippen LogP contribution in [0.25, 0.3) is 0 Å². The van der Waals surface area contributed by atoms with Crippen LogP contribution in [-0.4, -0.2) is 19.0 Å². The third-order valence-electron chi connectivity index (χ3n) is 2.98. The quantitative estimate of drug-likeness (QED) is 0.859. The molecule has 0 heterocycles. The van der Waals surface area contributed by atoms with Gasteiger partial charge in [0.15, 0.2) is 0 Å². The fourth-order valence-corrected chi connectivity index (χ4v) is 2.27. The molecule has 0 aromatic heterocycles. The molecule has 5 heteroatoms. The lowest BCUT2D eigenvalue weighted by atomic mass is 10.1. The van der Waals surface area contributed by atoms with Gasteiger partial charge in [0.1, 0.15) is 0 Å². The number of hydrogen-bond donors (Lipinski definition) is 1. The molecule has 21 heavy (non-hydrogen) atoms. The van der Waals surface area contributed by atoms with Crippen molar-refractivity contribution in [3.63, 3.8) is 0 Å². The smallest absolute Gasteiger partial charge is 0.337 e. The lowest BCUT2D eigenvalue weighted by molar-refractivity contribution is 0.0600. The van der Waals surface area contributed by atoms with Crippen molar-refractivity contribution in [1.29, 1.82) is 0 Å². The molecule has 1 amide bonds. The maximum absolute atomic E-state index is 12.2. The third kappa shape index (κ3) is 3.70. The van der Waals surface area contributed by atoms with Crippen LogP contribution >= 0.6 is 15.9 Å². The zero-order valence-electron chi connectivity index (χ0n) is 11.6. The number of anilines is 1. The Morgan fingerprint density at radius 1 is 1.10 bits per heavy atom. The van der Waals surface area contributed by atoms with Gasteiger partial charge in [0.05, 0.1) is 12.7 Å². The van der Waals surface area contributed by atoms with E-state index >= 15 is 0 Å². The molecule has 0 bridgehead atoms. The monoisotopic (exact) mass is 347 g/mol. The Labute approximate surface area is 131 Å². The number of nitrogens with one attached hydrogen (secondary N) is 1. The lowest BCUT2D eigenvalue weighted by Gasteiger charge is -2.10. The van der Waals surface area contributed by atoms with Crippen molar-refractivity contribution in [2.75, 3.05) is 12.4 Å². The molecule has 4 nitrogen and oxygen atoms in total. The van der Waals surface area contributed by atoms with Crippen LogP contribution < -0.4 is 5.32 Å². The molecule has 0 fully saturated rings. The Hall–Kier alpha value is -2.14. The van der Waals surface area contributed by atoms with E-state index in [9.17, 15) is 9.59 Å². The predicted molar refractivity (Wildman–Crippen MR) is 84.6 cm³/mol. The van der Waals surface area contributed by atoms with Crippen LogP contribution in [-0.2, 0) is 4.74 Å². The molecule has 0 saturated carbocycles. The normalized spacial score (nSPS) is 10.0. The molecule has 0 atom stereocenters. The fraction of sp³-hybridized carbons (Fsp3) is 0.125. The molecule has 0 unspecified atom stereocenters. The van der Waals surface area contributed by atoms with Crippen LogP contribution in [0.5, 0.6) is 0 Å². The van der Waals surface area contributed by atoms with Crippen LogP contribution in [0.1, 0.15) is 26.3 Å². The molecule has 108 valence electrons. The predicted octanol–water partition coefficient (Wildman–Crippen LogP) is 3.80. The first kappa shape index (κ1) is 15.3. The highest BCUT2D eigenvalue weighted by molar-refractivity contribution is 9.10. The van der Waals surface area contributed by atoms with Gasteiger partial charge in [0.2, 0.25) is 0 Å². The number of rotatable bonds is 3. The van der Waals surface area contributed by atoms with Crippen LogP contribution in [0, 0.1) is 6.92 Å². The van der Waals surface area contributed by atoms with Gasteiger partial charge in [-0.15, -0.1) is 0 Å². The van der Waals surface area contributed by atoms with Crippen molar-refractivity contribution in [3.05, 3.63) is 63.6 Å². The van der Waals surface area contributed by atoms with E-state index in [0.717, 1.165) is 10.0 Å². The molecule has 2 rings (SSSR count). The molecule has 0 spiro atoms. The molecule has 0 aliphatic rings. The summed E-state index contributed by atoms with van der Waals surface area (Å²) < 4.78 is 5.50. The molecule has 0 saturated heterocycles. The van der Waals surface area contributed by atoms with Gasteiger partial charge in [-0.1, -0.05) is 22.0 Å². The van der Waals surface area contributed by atoms with E-state index in [1.165, 1.54) is 7.11 Å². The van der Waals surface area contributed by atoms with E-state index in [0.29, 0.717) is 16.8 Å². The van der Waals surface area contributed by atoms with Gasteiger partial charge in [0, 0.05) is 15.7 Å². The number of carbonyl (C=O) groups excluding carboxylic acids is 2. The number of benzene rings is 2. The Kier molecular flexibility index (Phi) is 4.75. The van der Waals surface area contributed by atoms with Gasteiger partial charge in [-0.2, -0.15) is 0 Å². The van der Waals surface area contributed by atoms with Crippen LogP contribution in [0.3, 0.4) is 0 Å². The molecule has 0 aliphatic heterocycles. The second kappa shape index (κ2) is 6.54. The largest absolute Gasteiger partial charge is 0.465 e. The van der Waals surface area contributed by atoms with Crippen molar-refractivity contribution in [1.82, 2.24) is 0 Å². The summed E-state index contributed by atoms with van der Waals surface area (Å²) in [5.74, 6) is -0.604. The first-order valence-electron chi connectivity index (χ1n) is 6.27. The first-order valence-corrected chi connectivity index (χ1v) is 7.06. The summed E-state index contributed by atoms with van der Waals surface area (Å²) >= 11 is 3.33. The van der Waals surface area contributed by atoms with Crippen molar-refractivity contribution in [3.8, 4) is 0 Å². The Bertz CT molecular complexity index is 698. The van der Waals surface area contributed by atoms with Gasteiger partial charge in [-0.3, -0.25) is 4.79 Å². The number of esters is 1. The minimum atomic E-state index is -0.400. The summed E-state index contributed by atoms with van der Waals surface area (Å²) in [6.45, 7) is 1.82. The molecule has 2 aromatic rings. The van der Waals surface area contributed by atoms with Crippen molar-refractivity contribution >= 4 is 33.5 Å². The van der Waals surface area contributed by atoms with E-state index in [4.69, 9.17) is 0 Å². The number of methoxy groups -OCH3 is 1. The van der Waals surface area contributed by atoms with E-state index in [2.05, 4.69) is 26.0 Å². The van der Waals surface area contributed by atoms with Crippen molar-refractivity contribution < 1.29 is 14.3 Å². The lowest BCUT2D eigenvalue weighted by Crippen LogP contribution is -2.13. The summed E-state index contributed by atoms with van der Waals surface area (Å²) in [6.07, 6.45) is 0. The summed E-state index contributed by atoms with van der Waals surface area (Å²) in [5, 5.41) is 2.83. The second-order valence-electron chi connectivity index (χ2n) is 4.49. The molecule has 1 N–H and O–H groups in total. The van der Waals surface area contributed by atoms with Crippen molar-refractivity contribution in [2.45, 2.75) is 6.92 Å². The van der Waals surface area contributed by atoms with Gasteiger partial charge >= 0.3 is 5.97 Å². The number of carbonyl (C=O) groups is 2. The average Bonchev–Trinajstić information content (AvgIpc) is 2.48. The van der Waals surface area contributed by atoms with E-state index in [-0.39, 0.29) is 5.91 Å². The molecular formula is C16H14BrNO3. The Morgan fingerprint density at radius 2 is 1.86 bits per heavy atom. The third-order valence-corrected chi connectivity index (χ3v) is 3.48. The number of amides is 1. The topological polar surface area (TPSA) is 55.4 Å². The highest BCUT2D eigenvalue weighted by atomic mass is 79.9. The maximum Gasteiger partial charge on any atom is 0.337 e. The number of ether oxygens (including phenoxy) is 1. The minimum Gasteiger partial charge on any atom is -0.465 e. The number of aryl methyl sites for hydroxylation is 1. The number of halogens is 1. The highest BCUT2D eigenvalue weighted by Crippen LogP contribution is 2.19. The average molecular weight is 348 g/mol. The SMILES string of the molecule is COC(=O)c1ccc(NC(=O)c2cccc(Br)c2)c(C)c1. The van der Waals surface area contributed by atoms with E-state index < -0.39 is 5.97 Å². The molecule has 2 aromatic carbocycles. The maximum atomic E-state index is 12.2. The van der Waals surface area contributed by atoms with Gasteiger partial charge in [0.25, 0.3) is 5.91 Å². The summed E-state index contributed by atoms with van der Waals surface area (Å²) in [7, 11) is 1.33. The minimum absolute atomic E-state index is 0.204. The van der Waals surface area contributed by atoms with Crippen LogP contribution in [0.15, 0.2) is 46.9 Å². The Morgan fingerprint density at radius 3 is 2.48 bits per heavy atom. The second-order valence-corrected chi connectivity index (χ2v) is 5.40. The van der Waals surface area contributed by atoms with Gasteiger partial charge < -0.3 is 10.1 Å². The highest BCUT2D eigenvalue weighted by Gasteiger charge is 2.11. The summed E-state index contributed by atoms with van der Waals surface area (Å²) in [5.41, 5.74) is 2.46. The summed E-state index contributed by atoms with van der Waals surface area (Å²) in [4.78, 5) is 23.6. The fourth-order valence-electron chi connectivity index (χ4n) is 1.87. The molecule has 0 radical (unpaired) electrons. The zero-order valence-corrected chi connectivity index (χ0v) is 13.2. The van der Waals surface area contributed by atoms with Gasteiger partial charge in [-0.25, -0.2) is 4.79 Å². The van der Waals surface area contributed by atoms with E-state index in [1.807, 2.05) is 13.0 Å². The van der Waals surface area contributed by atoms with E-state index in [1.54, 1.807) is 36.4 Å². The standard InChI is InChI=1S/C16H14BrNO3/c1-10-8-12(16(20)21-2)6-7-14(10)18-15(19)11-4-3-5-13(17)9-11/h3-9H,1-2H3,(H,18,19). The van der Waals surface area contributed by atoms with Crippen LogP contribution in [0.2, 0.25) is 0 Å². The Balaban J connectivity index is 2.20.